The van der Waals surface area contributed by atoms with Crippen LogP contribution >= 0.6 is 0 Å². The van der Waals surface area contributed by atoms with Crippen molar-refractivity contribution in [3.63, 3.8) is 0 Å². The van der Waals surface area contributed by atoms with Crippen molar-refractivity contribution in [2.45, 2.75) is 52.2 Å². The Hall–Kier alpha value is -2.37. The van der Waals surface area contributed by atoms with Crippen molar-refractivity contribution < 1.29 is 24.2 Å². The lowest BCUT2D eigenvalue weighted by Crippen LogP contribution is -2.42. The molecule has 2 N–H and O–H groups in total. The highest BCUT2D eigenvalue weighted by Gasteiger charge is 2.26. The van der Waals surface area contributed by atoms with Crippen LogP contribution in [0.3, 0.4) is 0 Å². The molecule has 1 rings (SSSR count). The van der Waals surface area contributed by atoms with Gasteiger partial charge >= 0.3 is 12.1 Å². The minimum Gasteiger partial charge on any atom is -0.481 e. The lowest BCUT2D eigenvalue weighted by molar-refractivity contribution is -0.143. The van der Waals surface area contributed by atoms with Gasteiger partial charge < -0.3 is 15.2 Å². The van der Waals surface area contributed by atoms with E-state index in [2.05, 4.69) is 5.32 Å². The summed E-state index contributed by atoms with van der Waals surface area (Å²) < 4.78 is 5.09. The lowest BCUT2D eigenvalue weighted by atomic mass is 9.92. The van der Waals surface area contributed by atoms with Gasteiger partial charge in [0.2, 0.25) is 0 Å². The Bertz CT molecular complexity index is 577. The van der Waals surface area contributed by atoms with Gasteiger partial charge in [-0.2, -0.15) is 0 Å². The Balaban J connectivity index is 2.61. The highest BCUT2D eigenvalue weighted by Crippen LogP contribution is 2.15. The number of rotatable bonds is 7. The number of carbonyl (C=O) groups is 3. The normalized spacial score (nSPS) is 13.7. The van der Waals surface area contributed by atoms with Crippen LogP contribution in [0.1, 0.15) is 39.7 Å². The summed E-state index contributed by atoms with van der Waals surface area (Å²) in [5.74, 6) is -2.20. The van der Waals surface area contributed by atoms with Gasteiger partial charge in [-0.05, 0) is 39.7 Å². The fraction of sp³-hybridized carbons (Fsp3) is 0.500. The Morgan fingerprint density at radius 1 is 1.17 bits per heavy atom. The number of carboxylic acid groups (broad SMARTS) is 1. The monoisotopic (exact) mass is 335 g/mol. The number of nitrogens with one attached hydrogen (secondary N) is 1. The second kappa shape index (κ2) is 8.47. The van der Waals surface area contributed by atoms with E-state index in [1.165, 1.54) is 6.92 Å². The number of aliphatic carboxylic acids is 1. The molecule has 0 saturated heterocycles. The summed E-state index contributed by atoms with van der Waals surface area (Å²) in [6.07, 6.45) is -0.583. The first-order valence-corrected chi connectivity index (χ1v) is 7.87. The first-order valence-electron chi connectivity index (χ1n) is 7.87. The number of benzene rings is 1. The Morgan fingerprint density at radius 3 is 2.25 bits per heavy atom. The zero-order valence-corrected chi connectivity index (χ0v) is 14.5. The highest BCUT2D eigenvalue weighted by molar-refractivity contribution is 5.90. The number of amides is 1. The van der Waals surface area contributed by atoms with E-state index >= 15 is 0 Å². The van der Waals surface area contributed by atoms with Crippen molar-refractivity contribution in [3.8, 4) is 0 Å². The fourth-order valence-electron chi connectivity index (χ4n) is 2.13. The summed E-state index contributed by atoms with van der Waals surface area (Å²) in [5, 5.41) is 11.8. The van der Waals surface area contributed by atoms with Crippen LogP contribution in [0.15, 0.2) is 30.3 Å². The molecule has 0 bridgehead atoms. The topological polar surface area (TPSA) is 92.7 Å². The van der Waals surface area contributed by atoms with Crippen LogP contribution in [-0.4, -0.2) is 34.6 Å². The second-order valence-electron chi connectivity index (χ2n) is 6.76. The van der Waals surface area contributed by atoms with E-state index in [0.717, 1.165) is 5.56 Å². The van der Waals surface area contributed by atoms with Crippen LogP contribution in [0.5, 0.6) is 0 Å². The van der Waals surface area contributed by atoms with Crippen molar-refractivity contribution in [2.75, 3.05) is 0 Å². The molecule has 0 unspecified atom stereocenters. The number of ether oxygens (including phenoxy) is 1. The molecule has 132 valence electrons. The largest absolute Gasteiger partial charge is 0.481 e. The summed E-state index contributed by atoms with van der Waals surface area (Å²) in [4.78, 5) is 35.3. The van der Waals surface area contributed by atoms with Gasteiger partial charge in [0.05, 0.1) is 12.0 Å². The summed E-state index contributed by atoms with van der Waals surface area (Å²) >= 11 is 0. The number of alkyl carbamates (subject to hydrolysis) is 1. The third-order valence-electron chi connectivity index (χ3n) is 3.34. The summed E-state index contributed by atoms with van der Waals surface area (Å²) in [6, 6.07) is 8.33. The minimum atomic E-state index is -1.03. The van der Waals surface area contributed by atoms with Crippen LogP contribution < -0.4 is 5.32 Å². The van der Waals surface area contributed by atoms with Crippen molar-refractivity contribution in [2.24, 2.45) is 5.92 Å². The molecule has 1 amide bonds. The number of hydrogen-bond donors (Lipinski definition) is 2. The predicted molar refractivity (Wildman–Crippen MR) is 89.7 cm³/mol. The second-order valence-corrected chi connectivity index (χ2v) is 6.76. The molecule has 0 heterocycles. The number of carbonyl (C=O) groups excluding carboxylic acids is 2. The first-order chi connectivity index (χ1) is 11.1. The Kier molecular flexibility index (Phi) is 6.95. The molecule has 0 spiro atoms. The first kappa shape index (κ1) is 19.7. The molecule has 2 atom stereocenters. The van der Waals surface area contributed by atoms with E-state index in [0.29, 0.717) is 0 Å². The average Bonchev–Trinajstić information content (AvgIpc) is 2.45. The smallest absolute Gasteiger partial charge is 0.408 e. The van der Waals surface area contributed by atoms with Gasteiger partial charge in [-0.1, -0.05) is 30.3 Å². The van der Waals surface area contributed by atoms with Gasteiger partial charge in [0, 0.05) is 6.42 Å². The van der Waals surface area contributed by atoms with Crippen LogP contribution in [0, 0.1) is 5.92 Å². The highest BCUT2D eigenvalue weighted by atomic mass is 16.6. The van der Waals surface area contributed by atoms with Gasteiger partial charge in [-0.25, -0.2) is 4.79 Å². The molecule has 0 aliphatic rings. The van der Waals surface area contributed by atoms with E-state index in [9.17, 15) is 19.5 Å². The molecule has 0 aliphatic carbocycles. The van der Waals surface area contributed by atoms with Crippen molar-refractivity contribution >= 4 is 17.8 Å². The van der Waals surface area contributed by atoms with Gasteiger partial charge in [-0.15, -0.1) is 0 Å². The van der Waals surface area contributed by atoms with Crippen molar-refractivity contribution in [1.29, 1.82) is 0 Å². The summed E-state index contributed by atoms with van der Waals surface area (Å²) in [7, 11) is 0. The van der Waals surface area contributed by atoms with Crippen molar-refractivity contribution in [3.05, 3.63) is 35.9 Å². The van der Waals surface area contributed by atoms with Crippen LogP contribution in [0.25, 0.3) is 0 Å². The molecule has 24 heavy (non-hydrogen) atoms. The molecule has 1 aromatic carbocycles. The molecule has 0 aliphatic heterocycles. The molecular weight excluding hydrogens is 310 g/mol. The number of ketones is 1. The van der Waals surface area contributed by atoms with Crippen LogP contribution in [0.4, 0.5) is 4.79 Å². The zero-order chi connectivity index (χ0) is 18.3. The van der Waals surface area contributed by atoms with Gasteiger partial charge in [0.15, 0.2) is 5.78 Å². The molecule has 0 aromatic heterocycles. The maximum Gasteiger partial charge on any atom is 0.408 e. The number of Topliss-reactive ketones (excluding diaryl/α,β-unsaturated/α-hetero) is 1. The van der Waals surface area contributed by atoms with E-state index in [4.69, 9.17) is 4.74 Å². The minimum absolute atomic E-state index is 0.152. The van der Waals surface area contributed by atoms with Gasteiger partial charge in [0.1, 0.15) is 5.60 Å². The zero-order valence-electron chi connectivity index (χ0n) is 14.5. The average molecular weight is 335 g/mol. The molecule has 6 heteroatoms. The maximum atomic E-state index is 12.2. The maximum absolute atomic E-state index is 12.2. The predicted octanol–water partition coefficient (Wildman–Crippen LogP) is 2.80. The third kappa shape index (κ3) is 7.26. The van der Waals surface area contributed by atoms with E-state index in [1.54, 1.807) is 20.8 Å². The van der Waals surface area contributed by atoms with Gasteiger partial charge in [-0.3, -0.25) is 9.59 Å². The fourth-order valence-corrected chi connectivity index (χ4v) is 2.13. The van der Waals surface area contributed by atoms with Gasteiger partial charge in [0.25, 0.3) is 0 Å². The Morgan fingerprint density at radius 2 is 1.75 bits per heavy atom. The van der Waals surface area contributed by atoms with Crippen LogP contribution in [-0.2, 0) is 20.7 Å². The quantitative estimate of drug-likeness (QED) is 0.799. The molecule has 0 fully saturated rings. The van der Waals surface area contributed by atoms with E-state index in [-0.39, 0.29) is 18.6 Å². The lowest BCUT2D eigenvalue weighted by Gasteiger charge is -2.22. The molecule has 0 radical (unpaired) electrons. The van der Waals surface area contributed by atoms with E-state index < -0.39 is 29.6 Å². The molecule has 0 saturated carbocycles. The SMILES string of the molecule is C[C@H](NC(=O)OC(C)(C)C)C(=O)C[C@@H](Cc1ccccc1)C(=O)O. The molecule has 1 aromatic rings. The summed E-state index contributed by atoms with van der Waals surface area (Å²) in [6.45, 7) is 6.69. The molecule has 6 nitrogen and oxygen atoms in total. The summed E-state index contributed by atoms with van der Waals surface area (Å²) in [5.41, 5.74) is 0.189. The van der Waals surface area contributed by atoms with Crippen molar-refractivity contribution in [1.82, 2.24) is 5.32 Å². The Labute approximate surface area is 142 Å². The standard InChI is InChI=1S/C18H25NO5/c1-12(19-17(23)24-18(2,3)4)15(20)11-14(16(21)22)10-13-8-6-5-7-9-13/h5-9,12,14H,10-11H2,1-4H3,(H,19,23)(H,21,22)/t12-,14+/m0/s1. The molecular formula is C18H25NO5. The van der Waals surface area contributed by atoms with E-state index in [1.807, 2.05) is 30.3 Å². The third-order valence-corrected chi connectivity index (χ3v) is 3.34. The van der Waals surface area contributed by atoms with Crippen LogP contribution in [0.2, 0.25) is 0 Å². The number of hydrogen-bond acceptors (Lipinski definition) is 4. The number of carboxylic acids is 1.